The number of nitrogens with one attached hydrogen (secondary N) is 2. The summed E-state index contributed by atoms with van der Waals surface area (Å²) in [6.45, 7) is 0.122. The highest BCUT2D eigenvalue weighted by Crippen LogP contribution is 2.31. The van der Waals surface area contributed by atoms with Gasteiger partial charge in [-0.25, -0.2) is 0 Å². The molecule has 0 aliphatic rings. The maximum Gasteiger partial charge on any atom is 0.252 e. The van der Waals surface area contributed by atoms with E-state index in [0.717, 1.165) is 0 Å². The molecule has 3 aromatic rings. The predicted molar refractivity (Wildman–Crippen MR) is 119 cm³/mol. The van der Waals surface area contributed by atoms with E-state index in [-0.39, 0.29) is 40.5 Å². The topological polar surface area (TPSA) is 182 Å². The Kier molecular flexibility index (Phi) is 6.87. The first kappa shape index (κ1) is 23.2. The highest BCUT2D eigenvalue weighted by atomic mass is 16.3. The average molecular weight is 453 g/mol. The first-order chi connectivity index (χ1) is 15.7. The molecule has 0 spiro atoms. The molecule has 1 atom stereocenters. The summed E-state index contributed by atoms with van der Waals surface area (Å²) in [5.41, 5.74) is 5.88. The standard InChI is InChI=1S/C23H23N3O7/c24-21(31)11-17(23(33)25-7-6-12-4-5-19(29)20(30)8-12)26-22(32)16-10-13(27)9-15-14(16)2-1-3-18(15)28/h1-5,8-10,17,27-30H,6-7,11H2,(H2,24,31)(H,25,33)(H,26,32)/t17-/m0/s1. The molecule has 0 aliphatic carbocycles. The molecule has 0 bridgehead atoms. The van der Waals surface area contributed by atoms with Gasteiger partial charge in [-0.1, -0.05) is 18.2 Å². The van der Waals surface area contributed by atoms with Crippen LogP contribution in [0, 0.1) is 0 Å². The molecule has 8 N–H and O–H groups in total. The minimum absolute atomic E-state index is 0.00254. The number of fused-ring (bicyclic) bond motifs is 1. The quantitative estimate of drug-likeness (QED) is 0.248. The van der Waals surface area contributed by atoms with Crippen molar-refractivity contribution < 1.29 is 34.8 Å². The van der Waals surface area contributed by atoms with E-state index >= 15 is 0 Å². The number of hydrogen-bond donors (Lipinski definition) is 7. The van der Waals surface area contributed by atoms with Gasteiger partial charge in [0.25, 0.3) is 5.91 Å². The fraction of sp³-hybridized carbons (Fsp3) is 0.174. The molecule has 3 amide bonds. The fourth-order valence-corrected chi connectivity index (χ4v) is 3.37. The van der Waals surface area contributed by atoms with Crippen molar-refractivity contribution in [1.29, 1.82) is 0 Å². The minimum atomic E-state index is -1.28. The number of hydrogen-bond acceptors (Lipinski definition) is 7. The number of rotatable bonds is 8. The molecule has 0 heterocycles. The predicted octanol–water partition coefficient (Wildman–Crippen LogP) is 0.995. The first-order valence-electron chi connectivity index (χ1n) is 9.98. The lowest BCUT2D eigenvalue weighted by Crippen LogP contribution is -2.49. The molecule has 172 valence electrons. The molecule has 0 saturated heterocycles. The zero-order valence-corrected chi connectivity index (χ0v) is 17.4. The lowest BCUT2D eigenvalue weighted by atomic mass is 10.0. The lowest BCUT2D eigenvalue weighted by molar-refractivity contribution is -0.126. The van der Waals surface area contributed by atoms with Gasteiger partial charge >= 0.3 is 0 Å². The van der Waals surface area contributed by atoms with E-state index in [1.807, 2.05) is 0 Å². The minimum Gasteiger partial charge on any atom is -0.508 e. The van der Waals surface area contributed by atoms with E-state index in [9.17, 15) is 34.8 Å². The molecule has 0 fully saturated rings. The third kappa shape index (κ3) is 5.62. The van der Waals surface area contributed by atoms with Crippen molar-refractivity contribution >= 4 is 28.5 Å². The second kappa shape index (κ2) is 9.77. The monoisotopic (exact) mass is 453 g/mol. The number of phenols is 4. The van der Waals surface area contributed by atoms with Gasteiger partial charge in [0.1, 0.15) is 17.5 Å². The normalized spacial score (nSPS) is 11.6. The molecule has 0 aliphatic heterocycles. The highest BCUT2D eigenvalue weighted by Gasteiger charge is 2.24. The summed E-state index contributed by atoms with van der Waals surface area (Å²) < 4.78 is 0. The summed E-state index contributed by atoms with van der Waals surface area (Å²) >= 11 is 0. The Morgan fingerprint density at radius 1 is 0.879 bits per heavy atom. The SMILES string of the molecule is NC(=O)C[C@H](NC(=O)c1cc(O)cc2c(O)cccc12)C(=O)NCCc1ccc(O)c(O)c1. The van der Waals surface area contributed by atoms with Crippen LogP contribution in [-0.4, -0.2) is 50.7 Å². The zero-order valence-electron chi connectivity index (χ0n) is 17.4. The third-order valence-electron chi connectivity index (χ3n) is 4.98. The van der Waals surface area contributed by atoms with Gasteiger partial charge in [-0.05, 0) is 47.7 Å². The fourth-order valence-electron chi connectivity index (χ4n) is 3.37. The van der Waals surface area contributed by atoms with Crippen LogP contribution < -0.4 is 16.4 Å². The smallest absolute Gasteiger partial charge is 0.252 e. The van der Waals surface area contributed by atoms with E-state index in [2.05, 4.69) is 10.6 Å². The highest BCUT2D eigenvalue weighted by molar-refractivity contribution is 6.10. The first-order valence-corrected chi connectivity index (χ1v) is 9.98. The van der Waals surface area contributed by atoms with Gasteiger partial charge in [0, 0.05) is 11.9 Å². The molecule has 0 saturated carbocycles. The summed E-state index contributed by atoms with van der Waals surface area (Å²) in [5, 5.41) is 44.5. The van der Waals surface area contributed by atoms with E-state index < -0.39 is 30.2 Å². The lowest BCUT2D eigenvalue weighted by Gasteiger charge is -2.18. The number of carbonyl (C=O) groups is 3. The van der Waals surface area contributed by atoms with Crippen LogP contribution in [0.1, 0.15) is 22.3 Å². The summed E-state index contributed by atoms with van der Waals surface area (Å²) in [5.74, 6) is -3.16. The molecule has 3 aromatic carbocycles. The van der Waals surface area contributed by atoms with Crippen LogP contribution in [0.4, 0.5) is 0 Å². The van der Waals surface area contributed by atoms with Crippen molar-refractivity contribution in [2.45, 2.75) is 18.9 Å². The van der Waals surface area contributed by atoms with Crippen LogP contribution in [0.2, 0.25) is 0 Å². The Hall–Kier alpha value is -4.47. The van der Waals surface area contributed by atoms with Crippen LogP contribution in [0.5, 0.6) is 23.0 Å². The van der Waals surface area contributed by atoms with Crippen molar-refractivity contribution in [3.63, 3.8) is 0 Å². The number of nitrogens with two attached hydrogens (primary N) is 1. The zero-order chi connectivity index (χ0) is 24.1. The largest absolute Gasteiger partial charge is 0.508 e. The summed E-state index contributed by atoms with van der Waals surface area (Å²) in [6, 6.07) is 9.96. The molecule has 0 aromatic heterocycles. The van der Waals surface area contributed by atoms with Crippen molar-refractivity contribution in [2.24, 2.45) is 5.73 Å². The van der Waals surface area contributed by atoms with Crippen LogP contribution in [0.3, 0.4) is 0 Å². The van der Waals surface area contributed by atoms with Crippen molar-refractivity contribution in [2.75, 3.05) is 6.54 Å². The van der Waals surface area contributed by atoms with Crippen LogP contribution in [0.15, 0.2) is 48.5 Å². The Labute approximate surface area is 188 Å². The van der Waals surface area contributed by atoms with E-state index in [1.54, 1.807) is 12.1 Å². The van der Waals surface area contributed by atoms with Gasteiger partial charge < -0.3 is 36.8 Å². The van der Waals surface area contributed by atoms with Crippen molar-refractivity contribution in [3.05, 3.63) is 59.7 Å². The Morgan fingerprint density at radius 2 is 1.64 bits per heavy atom. The third-order valence-corrected chi connectivity index (χ3v) is 4.98. The Bertz CT molecular complexity index is 1230. The number of phenolic OH excluding ortho intramolecular Hbond substituents is 4. The molecule has 0 radical (unpaired) electrons. The van der Waals surface area contributed by atoms with Crippen LogP contribution >= 0.6 is 0 Å². The molecule has 10 heteroatoms. The second-order valence-electron chi connectivity index (χ2n) is 7.43. The summed E-state index contributed by atoms with van der Waals surface area (Å²) in [7, 11) is 0. The van der Waals surface area contributed by atoms with Gasteiger partial charge in [-0.3, -0.25) is 14.4 Å². The number of benzene rings is 3. The maximum atomic E-state index is 12.9. The summed E-state index contributed by atoms with van der Waals surface area (Å²) in [4.78, 5) is 37.0. The Balaban J connectivity index is 1.73. The summed E-state index contributed by atoms with van der Waals surface area (Å²) in [6.07, 6.45) is -0.146. The number of aromatic hydroxyl groups is 4. The van der Waals surface area contributed by atoms with Crippen molar-refractivity contribution in [3.8, 4) is 23.0 Å². The van der Waals surface area contributed by atoms with Gasteiger partial charge in [0.15, 0.2) is 11.5 Å². The molecular weight excluding hydrogens is 430 g/mol. The number of carbonyl (C=O) groups excluding carboxylic acids is 3. The number of amides is 3. The van der Waals surface area contributed by atoms with Gasteiger partial charge in [0.05, 0.1) is 12.0 Å². The molecular formula is C23H23N3O7. The molecule has 10 nitrogen and oxygen atoms in total. The second-order valence-corrected chi connectivity index (χ2v) is 7.43. The van der Waals surface area contributed by atoms with Gasteiger partial charge in [-0.15, -0.1) is 0 Å². The van der Waals surface area contributed by atoms with Crippen LogP contribution in [-0.2, 0) is 16.0 Å². The Morgan fingerprint density at radius 3 is 2.33 bits per heavy atom. The average Bonchev–Trinajstić information content (AvgIpc) is 2.75. The van der Waals surface area contributed by atoms with Crippen molar-refractivity contribution in [1.82, 2.24) is 10.6 Å². The molecule has 0 unspecified atom stereocenters. The molecule has 33 heavy (non-hydrogen) atoms. The van der Waals surface area contributed by atoms with Crippen LogP contribution in [0.25, 0.3) is 10.8 Å². The van der Waals surface area contributed by atoms with E-state index in [4.69, 9.17) is 5.73 Å². The van der Waals surface area contributed by atoms with Gasteiger partial charge in [0.2, 0.25) is 11.8 Å². The van der Waals surface area contributed by atoms with Gasteiger partial charge in [-0.2, -0.15) is 0 Å². The maximum absolute atomic E-state index is 12.9. The molecule has 3 rings (SSSR count). The number of primary amides is 1. The van der Waals surface area contributed by atoms with E-state index in [0.29, 0.717) is 17.4 Å². The van der Waals surface area contributed by atoms with E-state index in [1.165, 1.54) is 36.4 Å².